The Bertz CT molecular complexity index is 167. The molecule has 0 saturated carbocycles. The van der Waals surface area contributed by atoms with Crippen molar-refractivity contribution in [1.82, 2.24) is 5.32 Å². The zero-order chi connectivity index (χ0) is 13.6. The standard InChI is InChI=1S/C14H31NO3/c1-4-6-7-8-9-18-12-14(16)10-15-13(3)11-17-5-2/h13-16H,4-12H2,1-3H3. The van der Waals surface area contributed by atoms with Crippen molar-refractivity contribution < 1.29 is 14.6 Å². The summed E-state index contributed by atoms with van der Waals surface area (Å²) in [6, 6.07) is 0.268. The Balaban J connectivity index is 3.28. The van der Waals surface area contributed by atoms with Crippen LogP contribution >= 0.6 is 0 Å². The monoisotopic (exact) mass is 261 g/mol. The van der Waals surface area contributed by atoms with E-state index in [2.05, 4.69) is 12.2 Å². The molecule has 2 N–H and O–H groups in total. The highest BCUT2D eigenvalue weighted by atomic mass is 16.5. The van der Waals surface area contributed by atoms with Crippen molar-refractivity contribution in [1.29, 1.82) is 0 Å². The van der Waals surface area contributed by atoms with Gasteiger partial charge in [-0.1, -0.05) is 26.2 Å². The van der Waals surface area contributed by atoms with Gasteiger partial charge in [-0.25, -0.2) is 0 Å². The fourth-order valence-corrected chi connectivity index (χ4v) is 1.60. The summed E-state index contributed by atoms with van der Waals surface area (Å²) in [7, 11) is 0. The van der Waals surface area contributed by atoms with Crippen LogP contribution in [-0.4, -0.2) is 50.2 Å². The second-order valence-corrected chi connectivity index (χ2v) is 4.76. The normalized spacial score (nSPS) is 14.7. The van der Waals surface area contributed by atoms with Crippen LogP contribution in [0.15, 0.2) is 0 Å². The average Bonchev–Trinajstić information content (AvgIpc) is 2.38. The summed E-state index contributed by atoms with van der Waals surface area (Å²) in [5, 5.41) is 12.9. The predicted octanol–water partition coefficient (Wildman–Crippen LogP) is 1.96. The number of nitrogens with one attached hydrogen (secondary N) is 1. The molecule has 2 atom stereocenters. The lowest BCUT2D eigenvalue weighted by molar-refractivity contribution is 0.0319. The fraction of sp³-hybridized carbons (Fsp3) is 1.00. The lowest BCUT2D eigenvalue weighted by Crippen LogP contribution is -2.38. The molecule has 0 fully saturated rings. The van der Waals surface area contributed by atoms with Crippen molar-refractivity contribution in [3.8, 4) is 0 Å². The van der Waals surface area contributed by atoms with Crippen LogP contribution in [0.5, 0.6) is 0 Å². The molecule has 0 aromatic heterocycles. The predicted molar refractivity (Wildman–Crippen MR) is 74.9 cm³/mol. The molecule has 4 heteroatoms. The maximum Gasteiger partial charge on any atom is 0.0897 e. The van der Waals surface area contributed by atoms with Crippen molar-refractivity contribution in [3.05, 3.63) is 0 Å². The van der Waals surface area contributed by atoms with Gasteiger partial charge in [0.25, 0.3) is 0 Å². The van der Waals surface area contributed by atoms with E-state index >= 15 is 0 Å². The smallest absolute Gasteiger partial charge is 0.0897 e. The van der Waals surface area contributed by atoms with Crippen molar-refractivity contribution in [2.45, 2.75) is 58.6 Å². The molecule has 0 aromatic carbocycles. The Hall–Kier alpha value is -0.160. The molecular formula is C14H31NO3. The summed E-state index contributed by atoms with van der Waals surface area (Å²) in [4.78, 5) is 0. The number of hydrogen-bond donors (Lipinski definition) is 2. The highest BCUT2D eigenvalue weighted by molar-refractivity contribution is 4.64. The zero-order valence-corrected chi connectivity index (χ0v) is 12.3. The van der Waals surface area contributed by atoms with Crippen LogP contribution < -0.4 is 5.32 Å². The average molecular weight is 261 g/mol. The minimum Gasteiger partial charge on any atom is -0.389 e. The molecule has 0 rings (SSSR count). The number of aliphatic hydroxyl groups is 1. The van der Waals surface area contributed by atoms with E-state index in [9.17, 15) is 5.11 Å². The number of unbranched alkanes of at least 4 members (excludes halogenated alkanes) is 3. The number of ether oxygens (including phenoxy) is 2. The van der Waals surface area contributed by atoms with Crippen molar-refractivity contribution in [2.75, 3.05) is 33.0 Å². The Morgan fingerprint density at radius 3 is 2.50 bits per heavy atom. The highest BCUT2D eigenvalue weighted by Crippen LogP contribution is 1.99. The van der Waals surface area contributed by atoms with E-state index in [1.807, 2.05) is 13.8 Å². The third-order valence-electron chi connectivity index (χ3n) is 2.73. The summed E-state index contributed by atoms with van der Waals surface area (Å²) >= 11 is 0. The summed E-state index contributed by atoms with van der Waals surface area (Å²) in [5.74, 6) is 0. The Morgan fingerprint density at radius 1 is 1.06 bits per heavy atom. The first-order valence-corrected chi connectivity index (χ1v) is 7.27. The van der Waals surface area contributed by atoms with Crippen LogP contribution in [-0.2, 0) is 9.47 Å². The molecule has 0 radical (unpaired) electrons. The molecule has 0 spiro atoms. The van der Waals surface area contributed by atoms with Crippen LogP contribution in [0.3, 0.4) is 0 Å². The minimum atomic E-state index is -0.430. The Labute approximate surface area is 112 Å². The molecule has 0 amide bonds. The van der Waals surface area contributed by atoms with Crippen molar-refractivity contribution in [3.63, 3.8) is 0 Å². The maximum absolute atomic E-state index is 9.70. The first-order valence-electron chi connectivity index (χ1n) is 7.27. The van der Waals surface area contributed by atoms with Crippen LogP contribution in [0.2, 0.25) is 0 Å². The summed E-state index contributed by atoms with van der Waals surface area (Å²) in [5.41, 5.74) is 0. The van der Waals surface area contributed by atoms with Gasteiger partial charge in [0.05, 0.1) is 19.3 Å². The SMILES string of the molecule is CCCCCCOCC(O)CNC(C)COCC. The Morgan fingerprint density at radius 2 is 1.83 bits per heavy atom. The molecule has 18 heavy (non-hydrogen) atoms. The third kappa shape index (κ3) is 12.3. The second-order valence-electron chi connectivity index (χ2n) is 4.76. The van der Waals surface area contributed by atoms with Gasteiger partial charge in [0.15, 0.2) is 0 Å². The molecule has 0 aliphatic carbocycles. The number of aliphatic hydroxyl groups excluding tert-OH is 1. The molecule has 0 bridgehead atoms. The van der Waals surface area contributed by atoms with Gasteiger partial charge in [0, 0.05) is 25.8 Å². The van der Waals surface area contributed by atoms with Gasteiger partial charge >= 0.3 is 0 Å². The summed E-state index contributed by atoms with van der Waals surface area (Å²) in [6.45, 7) is 9.37. The van der Waals surface area contributed by atoms with Crippen LogP contribution in [0.25, 0.3) is 0 Å². The second kappa shape index (κ2) is 13.3. The maximum atomic E-state index is 9.70. The van der Waals surface area contributed by atoms with Crippen molar-refractivity contribution in [2.24, 2.45) is 0 Å². The van der Waals surface area contributed by atoms with E-state index in [0.717, 1.165) is 19.6 Å². The van der Waals surface area contributed by atoms with E-state index in [-0.39, 0.29) is 6.04 Å². The molecule has 0 aliphatic rings. The van der Waals surface area contributed by atoms with Gasteiger partial charge in [-0.05, 0) is 20.3 Å². The fourth-order valence-electron chi connectivity index (χ4n) is 1.60. The van der Waals surface area contributed by atoms with E-state index in [0.29, 0.717) is 19.8 Å². The minimum absolute atomic E-state index is 0.268. The molecular weight excluding hydrogens is 230 g/mol. The van der Waals surface area contributed by atoms with Gasteiger partial charge in [-0.2, -0.15) is 0 Å². The van der Waals surface area contributed by atoms with E-state index < -0.39 is 6.10 Å². The van der Waals surface area contributed by atoms with Gasteiger partial charge in [0.1, 0.15) is 0 Å². The van der Waals surface area contributed by atoms with Gasteiger partial charge in [0.2, 0.25) is 0 Å². The molecule has 0 heterocycles. The summed E-state index contributed by atoms with van der Waals surface area (Å²) in [6.07, 6.45) is 4.39. The third-order valence-corrected chi connectivity index (χ3v) is 2.73. The van der Waals surface area contributed by atoms with E-state index in [1.54, 1.807) is 0 Å². The molecule has 2 unspecified atom stereocenters. The lowest BCUT2D eigenvalue weighted by Gasteiger charge is -2.17. The topological polar surface area (TPSA) is 50.7 Å². The van der Waals surface area contributed by atoms with Gasteiger partial charge in [-0.3, -0.25) is 0 Å². The first kappa shape index (κ1) is 17.8. The first-order chi connectivity index (χ1) is 8.70. The summed E-state index contributed by atoms with van der Waals surface area (Å²) < 4.78 is 10.7. The number of hydrogen-bond acceptors (Lipinski definition) is 4. The van der Waals surface area contributed by atoms with E-state index in [1.165, 1.54) is 19.3 Å². The van der Waals surface area contributed by atoms with Gasteiger partial charge in [-0.15, -0.1) is 0 Å². The van der Waals surface area contributed by atoms with Crippen LogP contribution in [0.1, 0.15) is 46.5 Å². The lowest BCUT2D eigenvalue weighted by atomic mass is 10.2. The van der Waals surface area contributed by atoms with E-state index in [4.69, 9.17) is 9.47 Å². The molecule has 110 valence electrons. The molecule has 0 saturated heterocycles. The molecule has 0 aliphatic heterocycles. The van der Waals surface area contributed by atoms with Gasteiger partial charge < -0.3 is 19.9 Å². The van der Waals surface area contributed by atoms with Crippen LogP contribution in [0.4, 0.5) is 0 Å². The van der Waals surface area contributed by atoms with Crippen molar-refractivity contribution >= 4 is 0 Å². The van der Waals surface area contributed by atoms with Crippen LogP contribution in [0, 0.1) is 0 Å². The highest BCUT2D eigenvalue weighted by Gasteiger charge is 2.07. The largest absolute Gasteiger partial charge is 0.389 e. The molecule has 4 nitrogen and oxygen atoms in total. The number of rotatable bonds is 13. The Kier molecular flexibility index (Phi) is 13.2. The zero-order valence-electron chi connectivity index (χ0n) is 12.3. The molecule has 0 aromatic rings. The quantitative estimate of drug-likeness (QED) is 0.498.